The monoisotopic (exact) mass is 364 g/mol. The molecule has 1 aliphatic carbocycles. The van der Waals surface area contributed by atoms with Gasteiger partial charge in [-0.15, -0.1) is 0 Å². The zero-order valence-corrected chi connectivity index (χ0v) is 14.6. The molecule has 3 rings (SSSR count). The standard InChI is InChI=1S/C17H17O7P/c1-9-7-12-14(17(2,24-9)13(18)8-25(21,22)23)16(20)11-6-4-3-5-10(11)15(12)19/h3-6,9H,7-8H2,1-2H3,(H2,21,22,23). The van der Waals surface area contributed by atoms with Crippen LogP contribution < -0.4 is 0 Å². The van der Waals surface area contributed by atoms with Gasteiger partial charge in [0.05, 0.1) is 6.10 Å². The van der Waals surface area contributed by atoms with Crippen LogP contribution in [-0.2, 0) is 14.1 Å². The van der Waals surface area contributed by atoms with Gasteiger partial charge in [0.25, 0.3) is 0 Å². The summed E-state index contributed by atoms with van der Waals surface area (Å²) in [6.45, 7) is 2.94. The maximum Gasteiger partial charge on any atom is 0.333 e. The summed E-state index contributed by atoms with van der Waals surface area (Å²) in [6, 6.07) is 6.30. The molecule has 0 bridgehead atoms. The lowest BCUT2D eigenvalue weighted by Gasteiger charge is -2.40. The van der Waals surface area contributed by atoms with E-state index in [2.05, 4.69) is 0 Å². The summed E-state index contributed by atoms with van der Waals surface area (Å²) in [6.07, 6.45) is -1.45. The molecule has 1 aromatic rings. The van der Waals surface area contributed by atoms with Crippen molar-refractivity contribution in [1.82, 2.24) is 0 Å². The molecule has 0 aromatic heterocycles. The number of rotatable bonds is 3. The van der Waals surface area contributed by atoms with Crippen LogP contribution in [0.2, 0.25) is 0 Å². The van der Waals surface area contributed by atoms with E-state index in [0.717, 1.165) is 0 Å². The van der Waals surface area contributed by atoms with Crippen LogP contribution in [0.1, 0.15) is 41.0 Å². The first-order chi connectivity index (χ1) is 11.5. The van der Waals surface area contributed by atoms with E-state index in [1.54, 1.807) is 25.1 Å². The van der Waals surface area contributed by atoms with Crippen molar-refractivity contribution in [3.63, 3.8) is 0 Å². The molecule has 0 saturated heterocycles. The van der Waals surface area contributed by atoms with Crippen molar-refractivity contribution in [3.05, 3.63) is 46.5 Å². The van der Waals surface area contributed by atoms with Crippen molar-refractivity contribution >= 4 is 24.9 Å². The number of hydrogen-bond donors (Lipinski definition) is 2. The van der Waals surface area contributed by atoms with Gasteiger partial charge in [0.2, 0.25) is 0 Å². The lowest BCUT2D eigenvalue weighted by Crippen LogP contribution is -2.51. The molecule has 2 atom stereocenters. The average molecular weight is 364 g/mol. The van der Waals surface area contributed by atoms with Crippen LogP contribution in [0, 0.1) is 0 Å². The van der Waals surface area contributed by atoms with E-state index >= 15 is 0 Å². The Morgan fingerprint density at radius 1 is 1.24 bits per heavy atom. The fraction of sp³-hybridized carbons (Fsp3) is 0.353. The predicted molar refractivity (Wildman–Crippen MR) is 87.6 cm³/mol. The van der Waals surface area contributed by atoms with Gasteiger partial charge < -0.3 is 14.5 Å². The highest BCUT2D eigenvalue weighted by Crippen LogP contribution is 2.44. The van der Waals surface area contributed by atoms with Crippen molar-refractivity contribution in [1.29, 1.82) is 0 Å². The lowest BCUT2D eigenvalue weighted by molar-refractivity contribution is -0.142. The summed E-state index contributed by atoms with van der Waals surface area (Å²) in [5, 5.41) is 0. The van der Waals surface area contributed by atoms with Gasteiger partial charge in [0, 0.05) is 28.7 Å². The highest BCUT2D eigenvalue weighted by atomic mass is 31.2. The zero-order valence-electron chi connectivity index (χ0n) is 13.7. The molecule has 2 unspecified atom stereocenters. The van der Waals surface area contributed by atoms with Crippen molar-refractivity contribution in [2.45, 2.75) is 32.0 Å². The van der Waals surface area contributed by atoms with Crippen LogP contribution in [0.15, 0.2) is 35.4 Å². The van der Waals surface area contributed by atoms with Gasteiger partial charge >= 0.3 is 7.60 Å². The van der Waals surface area contributed by atoms with E-state index in [1.807, 2.05) is 0 Å². The second kappa shape index (κ2) is 5.81. The number of carbonyl (C=O) groups excluding carboxylic acids is 3. The summed E-state index contributed by atoms with van der Waals surface area (Å²) in [7, 11) is -4.65. The van der Waals surface area contributed by atoms with Gasteiger partial charge in [-0.3, -0.25) is 18.9 Å². The number of carbonyl (C=O) groups is 3. The Bertz CT molecular complexity index is 879. The summed E-state index contributed by atoms with van der Waals surface area (Å²) in [5.74, 6) is -1.78. The number of Topliss-reactive ketones (excluding diaryl/α,β-unsaturated/α-hetero) is 3. The molecule has 1 aromatic carbocycles. The zero-order chi connectivity index (χ0) is 18.6. The van der Waals surface area contributed by atoms with Gasteiger partial charge in [-0.2, -0.15) is 0 Å². The van der Waals surface area contributed by atoms with Crippen molar-refractivity contribution in [2.75, 3.05) is 6.16 Å². The SMILES string of the molecule is CC1CC2=C(C(=O)c3ccccc3C2=O)C(C)(C(=O)CP(=O)(O)O)O1. The largest absolute Gasteiger partial charge is 0.359 e. The third-order valence-corrected chi connectivity index (χ3v) is 5.21. The van der Waals surface area contributed by atoms with E-state index in [0.29, 0.717) is 0 Å². The lowest BCUT2D eigenvalue weighted by atomic mass is 9.73. The number of fused-ring (bicyclic) bond motifs is 1. The molecule has 25 heavy (non-hydrogen) atoms. The first-order valence-electron chi connectivity index (χ1n) is 7.72. The molecule has 0 spiro atoms. The van der Waals surface area contributed by atoms with Crippen LogP contribution in [0.5, 0.6) is 0 Å². The predicted octanol–water partition coefficient (Wildman–Crippen LogP) is 1.68. The van der Waals surface area contributed by atoms with Crippen LogP contribution in [0.25, 0.3) is 0 Å². The fourth-order valence-electron chi connectivity index (χ4n) is 3.46. The number of ether oxygens (including phenoxy) is 1. The molecule has 132 valence electrons. The maximum absolute atomic E-state index is 13.0. The normalized spacial score (nSPS) is 26.3. The first kappa shape index (κ1) is 17.9. The van der Waals surface area contributed by atoms with Crippen LogP contribution in [-0.4, -0.2) is 45.0 Å². The van der Waals surface area contributed by atoms with Crippen molar-refractivity contribution in [3.8, 4) is 0 Å². The number of benzene rings is 1. The molecule has 1 heterocycles. The van der Waals surface area contributed by atoms with Gasteiger partial charge in [-0.25, -0.2) is 0 Å². The van der Waals surface area contributed by atoms with Gasteiger partial charge in [-0.1, -0.05) is 24.3 Å². The van der Waals surface area contributed by atoms with Crippen LogP contribution in [0.3, 0.4) is 0 Å². The highest BCUT2D eigenvalue weighted by Gasteiger charge is 2.51. The van der Waals surface area contributed by atoms with Gasteiger partial charge in [0.1, 0.15) is 6.16 Å². The van der Waals surface area contributed by atoms with E-state index in [-0.39, 0.29) is 34.5 Å². The van der Waals surface area contributed by atoms with E-state index in [9.17, 15) is 18.9 Å². The van der Waals surface area contributed by atoms with Crippen LogP contribution >= 0.6 is 7.60 Å². The molecule has 8 heteroatoms. The summed E-state index contributed by atoms with van der Waals surface area (Å²) >= 11 is 0. The Morgan fingerprint density at radius 2 is 1.80 bits per heavy atom. The minimum atomic E-state index is -4.65. The Kier molecular flexibility index (Phi) is 4.16. The molecule has 2 aliphatic rings. The number of ketones is 3. The van der Waals surface area contributed by atoms with Gasteiger partial charge in [0.15, 0.2) is 23.0 Å². The van der Waals surface area contributed by atoms with Crippen molar-refractivity contribution < 1.29 is 33.5 Å². The fourth-order valence-corrected chi connectivity index (χ4v) is 4.14. The molecular weight excluding hydrogens is 347 g/mol. The van der Waals surface area contributed by atoms with Gasteiger partial charge in [-0.05, 0) is 13.8 Å². The highest BCUT2D eigenvalue weighted by molar-refractivity contribution is 7.52. The molecule has 0 saturated carbocycles. The van der Waals surface area contributed by atoms with E-state index in [1.165, 1.54) is 13.0 Å². The summed E-state index contributed by atoms with van der Waals surface area (Å²) < 4.78 is 16.9. The molecule has 0 fully saturated rings. The average Bonchev–Trinajstić information content (AvgIpc) is 2.50. The smallest absolute Gasteiger partial charge is 0.333 e. The molecule has 7 nitrogen and oxygen atoms in total. The topological polar surface area (TPSA) is 118 Å². The van der Waals surface area contributed by atoms with E-state index < -0.39 is 37.0 Å². The quantitative estimate of drug-likeness (QED) is 0.783. The van der Waals surface area contributed by atoms with Crippen LogP contribution in [0.4, 0.5) is 0 Å². The third kappa shape index (κ3) is 2.93. The Labute approximate surface area is 143 Å². The Hall–Kier alpha value is -1.92. The second-order valence-electron chi connectivity index (χ2n) is 6.47. The number of hydrogen-bond acceptors (Lipinski definition) is 5. The van der Waals surface area contributed by atoms with E-state index in [4.69, 9.17) is 14.5 Å². The Morgan fingerprint density at radius 3 is 2.36 bits per heavy atom. The molecule has 1 aliphatic heterocycles. The summed E-state index contributed by atoms with van der Waals surface area (Å²) in [5.41, 5.74) is -1.35. The molecular formula is C17H17O7P. The second-order valence-corrected chi connectivity index (χ2v) is 8.11. The molecule has 0 radical (unpaired) electrons. The maximum atomic E-state index is 13.0. The first-order valence-corrected chi connectivity index (χ1v) is 9.52. The van der Waals surface area contributed by atoms with Crippen molar-refractivity contribution in [2.24, 2.45) is 0 Å². The third-order valence-electron chi connectivity index (χ3n) is 4.51. The summed E-state index contributed by atoms with van der Waals surface area (Å²) in [4.78, 5) is 56.6. The minimum Gasteiger partial charge on any atom is -0.359 e. The molecule has 2 N–H and O–H groups in total. The molecule has 0 amide bonds. The minimum absolute atomic E-state index is 0.104. The Balaban J connectivity index is 2.18.